The molecule has 0 radical (unpaired) electrons. The molecule has 1 aromatic rings. The number of aliphatic hydroxyl groups excluding tert-OH is 1. The summed E-state index contributed by atoms with van der Waals surface area (Å²) in [6.45, 7) is -0.0266. The number of hydrogen-bond acceptors (Lipinski definition) is 2. The maximum atomic E-state index is 11.7. The van der Waals surface area contributed by atoms with Gasteiger partial charge in [-0.1, -0.05) is 12.1 Å². The van der Waals surface area contributed by atoms with E-state index < -0.39 is 0 Å². The van der Waals surface area contributed by atoms with E-state index in [9.17, 15) is 4.79 Å². The fraction of sp³-hybridized carbons (Fsp3) is 0.364. The van der Waals surface area contributed by atoms with Crippen molar-refractivity contribution in [3.63, 3.8) is 0 Å². The Labute approximate surface area is 91.1 Å². The minimum Gasteiger partial charge on any atom is -0.392 e. The van der Waals surface area contributed by atoms with Crippen LogP contribution in [0.2, 0.25) is 0 Å². The number of halogens is 1. The Kier molecular flexibility index (Phi) is 2.70. The van der Waals surface area contributed by atoms with Crippen LogP contribution in [0.3, 0.4) is 0 Å². The van der Waals surface area contributed by atoms with Crippen LogP contribution in [0.4, 0.5) is 0 Å². The van der Waals surface area contributed by atoms with Crippen LogP contribution >= 0.6 is 15.9 Å². The first-order chi connectivity index (χ1) is 6.74. The van der Waals surface area contributed by atoms with Crippen LogP contribution in [0, 0.1) is 0 Å². The molecule has 0 bridgehead atoms. The van der Waals surface area contributed by atoms with E-state index in [1.165, 1.54) is 0 Å². The molecule has 0 amide bonds. The van der Waals surface area contributed by atoms with Gasteiger partial charge in [0.05, 0.1) is 6.61 Å². The molecule has 1 N–H and O–H groups in total. The van der Waals surface area contributed by atoms with Gasteiger partial charge in [-0.3, -0.25) is 4.79 Å². The molecule has 0 heterocycles. The van der Waals surface area contributed by atoms with E-state index >= 15 is 0 Å². The van der Waals surface area contributed by atoms with Crippen molar-refractivity contribution in [1.82, 2.24) is 0 Å². The lowest BCUT2D eigenvalue weighted by atomic mass is 9.89. The van der Waals surface area contributed by atoms with E-state index in [-0.39, 0.29) is 12.4 Å². The van der Waals surface area contributed by atoms with Gasteiger partial charge in [0.25, 0.3) is 0 Å². The van der Waals surface area contributed by atoms with Crippen molar-refractivity contribution in [3.05, 3.63) is 33.3 Å². The molecule has 0 aliphatic heterocycles. The molecule has 2 nitrogen and oxygen atoms in total. The van der Waals surface area contributed by atoms with Crippen LogP contribution < -0.4 is 0 Å². The predicted octanol–water partition coefficient (Wildman–Crippen LogP) is 2.46. The normalized spacial score (nSPS) is 15.4. The molecule has 1 aliphatic carbocycles. The molecule has 2 rings (SSSR count). The predicted molar refractivity (Wildman–Crippen MR) is 57.3 cm³/mol. The maximum absolute atomic E-state index is 11.7. The second kappa shape index (κ2) is 3.83. The average Bonchev–Trinajstić information content (AvgIpc) is 2.18. The minimum atomic E-state index is -0.0266. The summed E-state index contributed by atoms with van der Waals surface area (Å²) < 4.78 is 0.780. The highest BCUT2D eigenvalue weighted by Gasteiger charge is 2.21. The first kappa shape index (κ1) is 9.87. The molecule has 74 valence electrons. The first-order valence-corrected chi connectivity index (χ1v) is 5.47. The van der Waals surface area contributed by atoms with Crippen molar-refractivity contribution < 1.29 is 9.90 Å². The van der Waals surface area contributed by atoms with Gasteiger partial charge in [0.1, 0.15) is 0 Å². The van der Waals surface area contributed by atoms with Crippen LogP contribution in [0.1, 0.15) is 34.3 Å². The Morgan fingerprint density at radius 2 is 2.14 bits per heavy atom. The zero-order valence-corrected chi connectivity index (χ0v) is 9.30. The summed E-state index contributed by atoms with van der Waals surface area (Å²) >= 11 is 3.39. The Morgan fingerprint density at radius 3 is 2.86 bits per heavy atom. The average molecular weight is 255 g/mol. The van der Waals surface area contributed by atoms with Gasteiger partial charge < -0.3 is 5.11 Å². The summed E-state index contributed by atoms with van der Waals surface area (Å²) in [7, 11) is 0. The molecule has 14 heavy (non-hydrogen) atoms. The summed E-state index contributed by atoms with van der Waals surface area (Å²) in [5.41, 5.74) is 2.67. The van der Waals surface area contributed by atoms with Crippen LogP contribution in [0.5, 0.6) is 0 Å². The van der Waals surface area contributed by atoms with E-state index in [4.69, 9.17) is 5.11 Å². The van der Waals surface area contributed by atoms with Crippen LogP contribution in [0.15, 0.2) is 16.6 Å². The summed E-state index contributed by atoms with van der Waals surface area (Å²) in [5, 5.41) is 9.06. The van der Waals surface area contributed by atoms with Crippen molar-refractivity contribution in [2.75, 3.05) is 0 Å². The molecule has 3 heteroatoms. The number of carbonyl (C=O) groups is 1. The van der Waals surface area contributed by atoms with Gasteiger partial charge in [0.15, 0.2) is 5.78 Å². The van der Waals surface area contributed by atoms with E-state index in [2.05, 4.69) is 15.9 Å². The number of rotatable bonds is 1. The molecule has 0 unspecified atom stereocenters. The monoisotopic (exact) mass is 254 g/mol. The van der Waals surface area contributed by atoms with Gasteiger partial charge in [-0.2, -0.15) is 0 Å². The number of aryl methyl sites for hydroxylation is 1. The van der Waals surface area contributed by atoms with Crippen molar-refractivity contribution >= 4 is 21.7 Å². The van der Waals surface area contributed by atoms with Crippen LogP contribution in [-0.4, -0.2) is 10.9 Å². The number of Topliss-reactive ketones (excluding diaryl/α,β-unsaturated/α-hetero) is 1. The molecule has 0 atom stereocenters. The quantitative estimate of drug-likeness (QED) is 0.836. The molecule has 0 aromatic heterocycles. The molecular formula is C11H11BrO2. The summed E-state index contributed by atoms with van der Waals surface area (Å²) in [6, 6.07) is 3.82. The lowest BCUT2D eigenvalue weighted by Gasteiger charge is -2.17. The molecule has 0 saturated heterocycles. The van der Waals surface area contributed by atoms with Crippen LogP contribution in [-0.2, 0) is 13.0 Å². The van der Waals surface area contributed by atoms with Crippen molar-refractivity contribution in [2.24, 2.45) is 0 Å². The number of ketones is 1. The van der Waals surface area contributed by atoms with E-state index in [1.807, 2.05) is 12.1 Å². The standard InChI is InChI=1S/C11H11BrO2/c12-11-8(6-13)5-4-7-2-1-3-9(14)10(7)11/h4-5,13H,1-3,6H2. The SMILES string of the molecule is O=C1CCCc2ccc(CO)c(Br)c21. The molecule has 0 spiro atoms. The lowest BCUT2D eigenvalue weighted by Crippen LogP contribution is -2.12. The van der Waals surface area contributed by atoms with Crippen molar-refractivity contribution in [3.8, 4) is 0 Å². The number of aliphatic hydroxyl groups is 1. The molecule has 1 aromatic carbocycles. The number of fused-ring (bicyclic) bond motifs is 1. The molecular weight excluding hydrogens is 244 g/mol. The molecule has 0 saturated carbocycles. The largest absolute Gasteiger partial charge is 0.392 e. The minimum absolute atomic E-state index is 0.0266. The van der Waals surface area contributed by atoms with E-state index in [0.717, 1.165) is 34.0 Å². The second-order valence-electron chi connectivity index (χ2n) is 3.51. The van der Waals surface area contributed by atoms with Gasteiger partial charge in [-0.25, -0.2) is 0 Å². The third-order valence-corrected chi connectivity index (χ3v) is 3.51. The lowest BCUT2D eigenvalue weighted by molar-refractivity contribution is 0.0971. The Balaban J connectivity index is 2.60. The van der Waals surface area contributed by atoms with Gasteiger partial charge in [-0.05, 0) is 39.9 Å². The van der Waals surface area contributed by atoms with E-state index in [0.29, 0.717) is 6.42 Å². The zero-order valence-electron chi connectivity index (χ0n) is 7.72. The second-order valence-corrected chi connectivity index (χ2v) is 4.30. The topological polar surface area (TPSA) is 37.3 Å². The van der Waals surface area contributed by atoms with Crippen LogP contribution in [0.25, 0.3) is 0 Å². The van der Waals surface area contributed by atoms with Crippen molar-refractivity contribution in [2.45, 2.75) is 25.9 Å². The maximum Gasteiger partial charge on any atom is 0.164 e. The highest BCUT2D eigenvalue weighted by atomic mass is 79.9. The third-order valence-electron chi connectivity index (χ3n) is 2.61. The van der Waals surface area contributed by atoms with E-state index in [1.54, 1.807) is 0 Å². The van der Waals surface area contributed by atoms with Gasteiger partial charge in [0.2, 0.25) is 0 Å². The van der Waals surface area contributed by atoms with Crippen molar-refractivity contribution in [1.29, 1.82) is 0 Å². The smallest absolute Gasteiger partial charge is 0.164 e. The summed E-state index contributed by atoms with van der Waals surface area (Å²) in [5.74, 6) is 0.188. The molecule has 0 fully saturated rings. The Hall–Kier alpha value is -0.670. The van der Waals surface area contributed by atoms with Gasteiger partial charge in [0, 0.05) is 16.5 Å². The number of carbonyl (C=O) groups excluding carboxylic acids is 1. The third kappa shape index (κ3) is 1.51. The van der Waals surface area contributed by atoms with Gasteiger partial charge >= 0.3 is 0 Å². The fourth-order valence-corrected chi connectivity index (χ4v) is 2.59. The fourth-order valence-electron chi connectivity index (χ4n) is 1.86. The number of hydrogen-bond donors (Lipinski definition) is 1. The highest BCUT2D eigenvalue weighted by Crippen LogP contribution is 2.30. The molecule has 1 aliphatic rings. The first-order valence-electron chi connectivity index (χ1n) is 4.68. The van der Waals surface area contributed by atoms with Gasteiger partial charge in [-0.15, -0.1) is 0 Å². The number of benzene rings is 1. The highest BCUT2D eigenvalue weighted by molar-refractivity contribution is 9.10. The summed E-state index contributed by atoms with van der Waals surface area (Å²) in [4.78, 5) is 11.7. The zero-order chi connectivity index (χ0) is 10.1. The Morgan fingerprint density at radius 1 is 1.36 bits per heavy atom. The summed E-state index contributed by atoms with van der Waals surface area (Å²) in [6.07, 6.45) is 2.53. The Bertz CT molecular complexity index is 385.